The molecule has 1 unspecified atom stereocenters. The standard InChI is InChI=1S/C15H18F3NO2/c1-9(14(20)21)11-6-7-19-13(8-11)10-2-4-12(5-3-10)15(16,17)18/h2-5,9,11,13,19H,6-8H2,1H3,(H,20,21)/t9?,11-,13+/m1/s1. The van der Waals surface area contributed by atoms with Gasteiger partial charge in [-0.2, -0.15) is 13.2 Å². The molecule has 3 atom stereocenters. The second-order valence-electron chi connectivity index (χ2n) is 5.54. The smallest absolute Gasteiger partial charge is 0.416 e. The number of hydrogen-bond acceptors (Lipinski definition) is 2. The van der Waals surface area contributed by atoms with E-state index in [-0.39, 0.29) is 12.0 Å². The van der Waals surface area contributed by atoms with E-state index in [4.69, 9.17) is 5.11 Å². The first-order valence-electron chi connectivity index (χ1n) is 6.92. The molecule has 6 heteroatoms. The van der Waals surface area contributed by atoms with Gasteiger partial charge >= 0.3 is 12.1 Å². The van der Waals surface area contributed by atoms with Crippen molar-refractivity contribution in [2.45, 2.75) is 32.0 Å². The minimum atomic E-state index is -4.33. The van der Waals surface area contributed by atoms with E-state index in [9.17, 15) is 18.0 Å². The number of carboxylic acid groups (broad SMARTS) is 1. The van der Waals surface area contributed by atoms with Crippen molar-refractivity contribution in [1.29, 1.82) is 0 Å². The largest absolute Gasteiger partial charge is 0.481 e. The van der Waals surface area contributed by atoms with Crippen LogP contribution >= 0.6 is 0 Å². The van der Waals surface area contributed by atoms with E-state index in [1.165, 1.54) is 12.1 Å². The van der Waals surface area contributed by atoms with E-state index in [1.807, 2.05) is 0 Å². The van der Waals surface area contributed by atoms with Gasteiger partial charge in [-0.3, -0.25) is 4.79 Å². The number of carboxylic acids is 1. The van der Waals surface area contributed by atoms with Gasteiger partial charge in [0.1, 0.15) is 0 Å². The highest BCUT2D eigenvalue weighted by molar-refractivity contribution is 5.69. The van der Waals surface area contributed by atoms with Crippen molar-refractivity contribution in [2.24, 2.45) is 11.8 Å². The summed E-state index contributed by atoms with van der Waals surface area (Å²) in [6.45, 7) is 2.36. The third kappa shape index (κ3) is 3.75. The molecule has 0 aliphatic carbocycles. The summed E-state index contributed by atoms with van der Waals surface area (Å²) >= 11 is 0. The fraction of sp³-hybridized carbons (Fsp3) is 0.533. The lowest BCUT2D eigenvalue weighted by Crippen LogP contribution is -2.36. The lowest BCUT2D eigenvalue weighted by Gasteiger charge is -2.32. The Labute approximate surface area is 121 Å². The SMILES string of the molecule is CC(C(=O)O)[C@@H]1CCN[C@H](c2ccc(C(F)(F)F)cc2)C1. The molecule has 1 aliphatic rings. The molecule has 0 amide bonds. The van der Waals surface area contributed by atoms with Crippen LogP contribution in [-0.4, -0.2) is 17.6 Å². The number of alkyl halides is 3. The van der Waals surface area contributed by atoms with Crippen molar-refractivity contribution in [3.8, 4) is 0 Å². The molecular formula is C15H18F3NO2. The fourth-order valence-electron chi connectivity index (χ4n) is 2.76. The Morgan fingerprint density at radius 2 is 1.95 bits per heavy atom. The van der Waals surface area contributed by atoms with Gasteiger partial charge in [0, 0.05) is 6.04 Å². The maximum absolute atomic E-state index is 12.5. The van der Waals surface area contributed by atoms with Crippen LogP contribution in [0.25, 0.3) is 0 Å². The van der Waals surface area contributed by atoms with Crippen molar-refractivity contribution < 1.29 is 23.1 Å². The van der Waals surface area contributed by atoms with E-state index in [1.54, 1.807) is 6.92 Å². The van der Waals surface area contributed by atoms with Crippen LogP contribution in [0.2, 0.25) is 0 Å². The van der Waals surface area contributed by atoms with Crippen LogP contribution in [0.4, 0.5) is 13.2 Å². The van der Waals surface area contributed by atoms with Gasteiger partial charge in [-0.25, -0.2) is 0 Å². The van der Waals surface area contributed by atoms with Gasteiger partial charge in [0.2, 0.25) is 0 Å². The average molecular weight is 301 g/mol. The molecule has 2 rings (SSSR count). The quantitative estimate of drug-likeness (QED) is 0.899. The molecule has 2 N–H and O–H groups in total. The lowest BCUT2D eigenvalue weighted by molar-refractivity contribution is -0.143. The molecular weight excluding hydrogens is 283 g/mol. The van der Waals surface area contributed by atoms with Crippen molar-refractivity contribution in [3.63, 3.8) is 0 Å². The molecule has 0 radical (unpaired) electrons. The summed E-state index contributed by atoms with van der Waals surface area (Å²) in [5.74, 6) is -1.23. The summed E-state index contributed by atoms with van der Waals surface area (Å²) in [5.41, 5.74) is 0.0998. The Morgan fingerprint density at radius 1 is 1.33 bits per heavy atom. The van der Waals surface area contributed by atoms with E-state index in [0.29, 0.717) is 13.0 Å². The van der Waals surface area contributed by atoms with Gasteiger partial charge in [0.25, 0.3) is 0 Å². The Bertz CT molecular complexity index is 499. The highest BCUT2D eigenvalue weighted by Gasteiger charge is 2.32. The maximum atomic E-state index is 12.5. The van der Waals surface area contributed by atoms with Crippen LogP contribution in [0.15, 0.2) is 24.3 Å². The van der Waals surface area contributed by atoms with Crippen molar-refractivity contribution in [3.05, 3.63) is 35.4 Å². The molecule has 116 valence electrons. The Morgan fingerprint density at radius 3 is 2.48 bits per heavy atom. The van der Waals surface area contributed by atoms with Crippen LogP contribution in [0.3, 0.4) is 0 Å². The topological polar surface area (TPSA) is 49.3 Å². The van der Waals surface area contributed by atoms with Crippen LogP contribution in [0, 0.1) is 11.8 Å². The van der Waals surface area contributed by atoms with Crippen LogP contribution in [-0.2, 0) is 11.0 Å². The van der Waals surface area contributed by atoms with Crippen molar-refractivity contribution in [2.75, 3.05) is 6.54 Å². The number of hydrogen-bond donors (Lipinski definition) is 2. The molecule has 1 heterocycles. The molecule has 1 aromatic carbocycles. The first-order chi connectivity index (χ1) is 9.79. The number of benzene rings is 1. The van der Waals surface area contributed by atoms with Crippen LogP contribution in [0.5, 0.6) is 0 Å². The van der Waals surface area contributed by atoms with Gasteiger partial charge in [-0.1, -0.05) is 19.1 Å². The van der Waals surface area contributed by atoms with E-state index < -0.39 is 23.6 Å². The Kier molecular flexibility index (Phi) is 4.56. The molecule has 1 aromatic rings. The maximum Gasteiger partial charge on any atom is 0.416 e. The van der Waals surface area contributed by atoms with E-state index in [0.717, 1.165) is 24.1 Å². The van der Waals surface area contributed by atoms with Gasteiger partial charge in [-0.15, -0.1) is 0 Å². The highest BCUT2D eigenvalue weighted by Crippen LogP contribution is 2.34. The Balaban J connectivity index is 2.09. The molecule has 1 fully saturated rings. The minimum absolute atomic E-state index is 0.0380. The third-order valence-corrected chi connectivity index (χ3v) is 4.18. The molecule has 1 saturated heterocycles. The Hall–Kier alpha value is -1.56. The molecule has 0 bridgehead atoms. The number of nitrogens with one attached hydrogen (secondary N) is 1. The van der Waals surface area contributed by atoms with Gasteiger partial charge in [0.05, 0.1) is 11.5 Å². The number of rotatable bonds is 3. The summed E-state index contributed by atoms with van der Waals surface area (Å²) in [7, 11) is 0. The zero-order valence-electron chi connectivity index (χ0n) is 11.7. The summed E-state index contributed by atoms with van der Waals surface area (Å²) < 4.78 is 37.6. The van der Waals surface area contributed by atoms with Crippen LogP contribution < -0.4 is 5.32 Å². The predicted molar refractivity (Wildman–Crippen MR) is 71.7 cm³/mol. The predicted octanol–water partition coefficient (Wildman–Crippen LogP) is 3.47. The first-order valence-corrected chi connectivity index (χ1v) is 6.92. The zero-order valence-corrected chi connectivity index (χ0v) is 11.7. The number of halogens is 3. The van der Waals surface area contributed by atoms with E-state index >= 15 is 0 Å². The molecule has 3 nitrogen and oxygen atoms in total. The zero-order chi connectivity index (χ0) is 15.6. The molecule has 21 heavy (non-hydrogen) atoms. The monoisotopic (exact) mass is 301 g/mol. The van der Waals surface area contributed by atoms with Crippen molar-refractivity contribution in [1.82, 2.24) is 5.32 Å². The average Bonchev–Trinajstić information content (AvgIpc) is 2.46. The summed E-state index contributed by atoms with van der Waals surface area (Å²) in [5, 5.41) is 12.3. The molecule has 0 spiro atoms. The molecule has 0 saturated carbocycles. The highest BCUT2D eigenvalue weighted by atomic mass is 19.4. The number of piperidine rings is 1. The molecule has 0 aromatic heterocycles. The second-order valence-corrected chi connectivity index (χ2v) is 5.54. The molecule has 1 aliphatic heterocycles. The van der Waals surface area contributed by atoms with E-state index in [2.05, 4.69) is 5.32 Å². The lowest BCUT2D eigenvalue weighted by atomic mass is 9.81. The summed E-state index contributed by atoms with van der Waals surface area (Å²) in [6, 6.07) is 4.98. The third-order valence-electron chi connectivity index (χ3n) is 4.18. The van der Waals surface area contributed by atoms with Crippen LogP contribution in [0.1, 0.15) is 36.9 Å². The second kappa shape index (κ2) is 6.05. The number of aliphatic carboxylic acids is 1. The summed E-state index contributed by atoms with van der Waals surface area (Å²) in [4.78, 5) is 11.1. The minimum Gasteiger partial charge on any atom is -0.481 e. The normalized spacial score (nSPS) is 24.6. The van der Waals surface area contributed by atoms with Gasteiger partial charge in [-0.05, 0) is 43.0 Å². The summed E-state index contributed by atoms with van der Waals surface area (Å²) in [6.07, 6.45) is -2.94. The number of carbonyl (C=O) groups is 1. The van der Waals surface area contributed by atoms with Crippen molar-refractivity contribution >= 4 is 5.97 Å². The fourth-order valence-corrected chi connectivity index (χ4v) is 2.76. The first kappa shape index (κ1) is 15.8. The van der Waals surface area contributed by atoms with Gasteiger partial charge in [0.15, 0.2) is 0 Å². The van der Waals surface area contributed by atoms with Gasteiger partial charge < -0.3 is 10.4 Å².